The van der Waals surface area contributed by atoms with Crippen LogP contribution in [0.2, 0.25) is 18.1 Å². The highest BCUT2D eigenvalue weighted by Crippen LogP contribution is 2.35. The van der Waals surface area contributed by atoms with Gasteiger partial charge in [0.15, 0.2) is 0 Å². The lowest BCUT2D eigenvalue weighted by molar-refractivity contribution is 0.0734. The molecule has 3 rings (SSSR count). The van der Waals surface area contributed by atoms with E-state index in [1.807, 2.05) is 12.1 Å². The SMILES string of the molecule is CCCCC[Si@H]1CC[C@H](c2ccc(C(=O)Oc3ccc(C#N)cc3)cc2)CC1. The van der Waals surface area contributed by atoms with Gasteiger partial charge in [-0.2, -0.15) is 5.26 Å². The first-order valence-electron chi connectivity index (χ1n) is 10.5. The van der Waals surface area contributed by atoms with Crippen molar-refractivity contribution >= 4 is 14.8 Å². The molecule has 1 heterocycles. The van der Waals surface area contributed by atoms with Crippen molar-refractivity contribution in [1.29, 1.82) is 5.26 Å². The molecule has 28 heavy (non-hydrogen) atoms. The van der Waals surface area contributed by atoms with E-state index in [1.54, 1.807) is 24.3 Å². The summed E-state index contributed by atoms with van der Waals surface area (Å²) in [4.78, 5) is 12.3. The molecule has 0 atom stereocenters. The Morgan fingerprint density at radius 2 is 1.75 bits per heavy atom. The summed E-state index contributed by atoms with van der Waals surface area (Å²) in [6.45, 7) is 2.28. The first-order chi connectivity index (χ1) is 13.7. The average molecular weight is 392 g/mol. The van der Waals surface area contributed by atoms with E-state index < -0.39 is 8.80 Å². The molecule has 0 saturated carbocycles. The summed E-state index contributed by atoms with van der Waals surface area (Å²) in [5, 5.41) is 8.83. The van der Waals surface area contributed by atoms with Gasteiger partial charge in [-0.15, -0.1) is 0 Å². The Balaban J connectivity index is 1.52. The van der Waals surface area contributed by atoms with Crippen molar-refractivity contribution in [3.8, 4) is 11.8 Å². The van der Waals surface area contributed by atoms with Crippen LogP contribution >= 0.6 is 0 Å². The molecule has 2 aromatic carbocycles. The average Bonchev–Trinajstić information content (AvgIpc) is 2.75. The molecule has 0 aromatic heterocycles. The van der Waals surface area contributed by atoms with Crippen molar-refractivity contribution in [2.24, 2.45) is 0 Å². The van der Waals surface area contributed by atoms with E-state index in [9.17, 15) is 4.79 Å². The zero-order valence-electron chi connectivity index (χ0n) is 16.7. The number of esters is 1. The third kappa shape index (κ3) is 5.56. The number of ether oxygens (including phenoxy) is 1. The van der Waals surface area contributed by atoms with Crippen LogP contribution < -0.4 is 4.74 Å². The summed E-state index contributed by atoms with van der Waals surface area (Å²) in [5.41, 5.74) is 2.47. The minimum atomic E-state index is -0.486. The lowest BCUT2D eigenvalue weighted by Gasteiger charge is -2.28. The molecule has 0 aliphatic carbocycles. The normalized spacial score (nSPS) is 19.0. The molecular formula is C24H29NO2Si. The minimum absolute atomic E-state index is 0.358. The third-order valence-electron chi connectivity index (χ3n) is 5.87. The predicted molar refractivity (Wildman–Crippen MR) is 116 cm³/mol. The van der Waals surface area contributed by atoms with E-state index >= 15 is 0 Å². The predicted octanol–water partition coefficient (Wildman–Crippen LogP) is 6.07. The number of benzene rings is 2. The second-order valence-electron chi connectivity index (χ2n) is 7.86. The molecule has 2 aromatic rings. The molecule has 0 N–H and O–H groups in total. The Morgan fingerprint density at radius 3 is 2.36 bits per heavy atom. The van der Waals surface area contributed by atoms with Gasteiger partial charge in [-0.25, -0.2) is 4.79 Å². The van der Waals surface area contributed by atoms with Gasteiger partial charge in [-0.05, 0) is 60.7 Å². The van der Waals surface area contributed by atoms with Gasteiger partial charge in [0.05, 0.1) is 17.2 Å². The summed E-state index contributed by atoms with van der Waals surface area (Å²) >= 11 is 0. The van der Waals surface area contributed by atoms with Crippen molar-refractivity contribution in [3.05, 3.63) is 65.2 Å². The Bertz CT molecular complexity index is 800. The highest BCUT2D eigenvalue weighted by Gasteiger charge is 2.23. The molecule has 3 nitrogen and oxygen atoms in total. The van der Waals surface area contributed by atoms with Gasteiger partial charge in [0, 0.05) is 8.80 Å². The molecule has 0 amide bonds. The van der Waals surface area contributed by atoms with Crippen molar-refractivity contribution in [3.63, 3.8) is 0 Å². The molecule has 0 radical (unpaired) electrons. The zero-order chi connectivity index (χ0) is 19.8. The molecule has 1 saturated heterocycles. The quantitative estimate of drug-likeness (QED) is 0.249. The Kier molecular flexibility index (Phi) is 7.44. The number of unbranched alkanes of at least 4 members (excludes halogenated alkanes) is 2. The molecule has 0 bridgehead atoms. The first kappa shape index (κ1) is 20.4. The van der Waals surface area contributed by atoms with Gasteiger partial charge < -0.3 is 4.74 Å². The Hall–Kier alpha value is -2.38. The van der Waals surface area contributed by atoms with Crippen molar-refractivity contribution in [2.75, 3.05) is 0 Å². The first-order valence-corrected chi connectivity index (χ1v) is 13.0. The Morgan fingerprint density at radius 1 is 1.07 bits per heavy atom. The fraction of sp³-hybridized carbons (Fsp3) is 0.417. The summed E-state index contributed by atoms with van der Waals surface area (Å²) in [6.07, 6.45) is 6.79. The van der Waals surface area contributed by atoms with Gasteiger partial charge in [0.1, 0.15) is 5.75 Å². The number of nitriles is 1. The van der Waals surface area contributed by atoms with Crippen LogP contribution in [0.3, 0.4) is 0 Å². The number of carbonyl (C=O) groups is 1. The summed E-state index contributed by atoms with van der Waals surface area (Å²) in [5.74, 6) is 0.751. The van der Waals surface area contributed by atoms with Crippen LogP contribution in [-0.4, -0.2) is 14.8 Å². The summed E-state index contributed by atoms with van der Waals surface area (Å²) in [6, 6.07) is 21.1. The number of rotatable bonds is 7. The second-order valence-corrected chi connectivity index (χ2v) is 11.3. The Labute approximate surface area is 170 Å². The minimum Gasteiger partial charge on any atom is -0.423 e. The molecule has 1 aliphatic heterocycles. The lowest BCUT2D eigenvalue weighted by atomic mass is 9.93. The lowest BCUT2D eigenvalue weighted by Crippen LogP contribution is -2.20. The van der Waals surface area contributed by atoms with Crippen LogP contribution in [0.4, 0.5) is 0 Å². The van der Waals surface area contributed by atoms with Gasteiger partial charge in [-0.1, -0.05) is 56.5 Å². The zero-order valence-corrected chi connectivity index (χ0v) is 17.8. The largest absolute Gasteiger partial charge is 0.423 e. The van der Waals surface area contributed by atoms with E-state index in [4.69, 9.17) is 10.00 Å². The molecule has 0 unspecified atom stereocenters. The van der Waals surface area contributed by atoms with Gasteiger partial charge >= 0.3 is 5.97 Å². The smallest absolute Gasteiger partial charge is 0.343 e. The van der Waals surface area contributed by atoms with E-state index in [0.717, 1.165) is 0 Å². The molecule has 1 aliphatic rings. The van der Waals surface area contributed by atoms with Crippen molar-refractivity contribution in [2.45, 2.75) is 63.1 Å². The van der Waals surface area contributed by atoms with E-state index in [1.165, 1.54) is 55.8 Å². The van der Waals surface area contributed by atoms with Crippen LogP contribution in [-0.2, 0) is 0 Å². The molecule has 4 heteroatoms. The molecular weight excluding hydrogens is 362 g/mol. The van der Waals surface area contributed by atoms with Crippen LogP contribution in [0.5, 0.6) is 5.75 Å². The number of nitrogens with zero attached hydrogens (tertiary/aromatic N) is 1. The van der Waals surface area contributed by atoms with Crippen LogP contribution in [0.15, 0.2) is 48.5 Å². The summed E-state index contributed by atoms with van der Waals surface area (Å²) in [7, 11) is -0.486. The van der Waals surface area contributed by atoms with Gasteiger partial charge in [0.2, 0.25) is 0 Å². The highest BCUT2D eigenvalue weighted by atomic mass is 28.3. The third-order valence-corrected chi connectivity index (χ3v) is 9.40. The molecule has 146 valence electrons. The molecule has 1 fully saturated rings. The maximum atomic E-state index is 12.3. The van der Waals surface area contributed by atoms with Gasteiger partial charge in [0.25, 0.3) is 0 Å². The van der Waals surface area contributed by atoms with E-state index in [0.29, 0.717) is 22.8 Å². The standard InChI is InChI=1S/C24H29NO2Si/c1-2-3-4-15-28-16-13-21(14-17-28)20-7-9-22(10-8-20)24(26)27-23-11-5-19(18-25)6-12-23/h5-12,21,28H,2-4,13-17H2,1H3/t21-,28-. The van der Waals surface area contributed by atoms with Gasteiger partial charge in [-0.3, -0.25) is 0 Å². The van der Waals surface area contributed by atoms with Crippen LogP contribution in [0.25, 0.3) is 0 Å². The van der Waals surface area contributed by atoms with E-state index in [-0.39, 0.29) is 5.97 Å². The second kappa shape index (κ2) is 10.2. The van der Waals surface area contributed by atoms with Crippen molar-refractivity contribution < 1.29 is 9.53 Å². The van der Waals surface area contributed by atoms with Crippen LogP contribution in [0.1, 0.15) is 66.4 Å². The highest BCUT2D eigenvalue weighted by molar-refractivity contribution is 6.59. The number of hydrogen-bond donors (Lipinski definition) is 0. The maximum Gasteiger partial charge on any atom is 0.343 e. The fourth-order valence-electron chi connectivity index (χ4n) is 4.12. The maximum absolute atomic E-state index is 12.3. The van der Waals surface area contributed by atoms with Crippen LogP contribution in [0, 0.1) is 11.3 Å². The van der Waals surface area contributed by atoms with Crippen molar-refractivity contribution in [1.82, 2.24) is 0 Å². The van der Waals surface area contributed by atoms with E-state index in [2.05, 4.69) is 25.1 Å². The monoisotopic (exact) mass is 391 g/mol. The number of carbonyl (C=O) groups excluding carboxylic acids is 1. The molecule has 0 spiro atoms. The number of hydrogen-bond acceptors (Lipinski definition) is 3. The topological polar surface area (TPSA) is 50.1 Å². The fourth-order valence-corrected chi connectivity index (χ4v) is 7.60. The summed E-state index contributed by atoms with van der Waals surface area (Å²) < 4.78 is 5.40.